The smallest absolute Gasteiger partial charge is 0.387 e. The van der Waals surface area contributed by atoms with Crippen LogP contribution in [-0.2, 0) is 0 Å². The van der Waals surface area contributed by atoms with E-state index in [1.807, 2.05) is 17.5 Å². The van der Waals surface area contributed by atoms with Crippen LogP contribution in [0.15, 0.2) is 30.6 Å². The molecule has 2 aromatic heterocycles. The van der Waals surface area contributed by atoms with Crippen molar-refractivity contribution in [2.24, 2.45) is 11.1 Å². The van der Waals surface area contributed by atoms with Crippen LogP contribution in [-0.4, -0.2) is 40.1 Å². The third-order valence-corrected chi connectivity index (χ3v) is 7.48. The van der Waals surface area contributed by atoms with Crippen molar-refractivity contribution in [1.29, 1.82) is 0 Å². The highest BCUT2D eigenvalue weighted by atomic mass is 35.5. The summed E-state index contributed by atoms with van der Waals surface area (Å²) < 4.78 is 31.5. The number of aromatic nitrogens is 3. The maximum absolute atomic E-state index is 12.5. The fourth-order valence-corrected chi connectivity index (χ4v) is 5.69. The molecule has 5 rings (SSSR count). The van der Waals surface area contributed by atoms with Crippen molar-refractivity contribution in [3.05, 3.63) is 41.3 Å². The van der Waals surface area contributed by atoms with E-state index in [9.17, 15) is 8.78 Å². The topological polar surface area (TPSA) is 68.7 Å². The SMILES string of the molecule is Cc1nc(N2CCC3(CCCC3N)CC2)n2ccnc2c1-c1ccc(OC(F)F)cc1Cl. The van der Waals surface area contributed by atoms with Gasteiger partial charge >= 0.3 is 6.61 Å². The third kappa shape index (κ3) is 3.59. The number of ether oxygens (including phenoxy) is 1. The van der Waals surface area contributed by atoms with Gasteiger partial charge in [0.2, 0.25) is 5.95 Å². The van der Waals surface area contributed by atoms with Gasteiger partial charge in [-0.2, -0.15) is 8.78 Å². The molecular weight excluding hydrogens is 436 g/mol. The number of hydrogen-bond acceptors (Lipinski definition) is 5. The summed E-state index contributed by atoms with van der Waals surface area (Å²) in [7, 11) is 0. The van der Waals surface area contributed by atoms with Gasteiger partial charge in [-0.25, -0.2) is 9.97 Å². The third-order valence-electron chi connectivity index (χ3n) is 7.16. The number of anilines is 1. The Labute approximate surface area is 190 Å². The van der Waals surface area contributed by atoms with Gasteiger partial charge in [0.15, 0.2) is 0 Å². The predicted molar refractivity (Wildman–Crippen MR) is 121 cm³/mol. The van der Waals surface area contributed by atoms with Crippen molar-refractivity contribution in [2.75, 3.05) is 18.0 Å². The zero-order valence-corrected chi connectivity index (χ0v) is 18.7. The fourth-order valence-electron chi connectivity index (χ4n) is 5.42. The summed E-state index contributed by atoms with van der Waals surface area (Å²) in [6.45, 7) is 0.840. The van der Waals surface area contributed by atoms with E-state index in [0.29, 0.717) is 16.6 Å². The maximum Gasteiger partial charge on any atom is 0.387 e. The zero-order valence-electron chi connectivity index (χ0n) is 17.9. The summed E-state index contributed by atoms with van der Waals surface area (Å²) >= 11 is 6.45. The van der Waals surface area contributed by atoms with Crippen LogP contribution in [0.1, 0.15) is 37.8 Å². The van der Waals surface area contributed by atoms with E-state index in [1.54, 1.807) is 12.3 Å². The molecule has 2 fully saturated rings. The Kier molecular flexibility index (Phi) is 5.45. The van der Waals surface area contributed by atoms with E-state index in [2.05, 4.69) is 14.6 Å². The minimum atomic E-state index is -2.90. The Morgan fingerprint density at radius 3 is 2.69 bits per heavy atom. The van der Waals surface area contributed by atoms with Crippen LogP contribution in [0.2, 0.25) is 5.02 Å². The quantitative estimate of drug-likeness (QED) is 0.588. The minimum Gasteiger partial charge on any atom is -0.435 e. The number of fused-ring (bicyclic) bond motifs is 1. The molecule has 1 spiro atoms. The molecule has 1 aromatic carbocycles. The van der Waals surface area contributed by atoms with Crippen LogP contribution in [0.4, 0.5) is 14.7 Å². The van der Waals surface area contributed by atoms with Gasteiger partial charge in [0.05, 0.1) is 10.7 Å². The molecule has 1 aliphatic heterocycles. The molecular formula is C23H26ClF2N5O. The average Bonchev–Trinajstić information content (AvgIpc) is 3.36. The molecule has 0 bridgehead atoms. The largest absolute Gasteiger partial charge is 0.435 e. The first-order valence-corrected chi connectivity index (χ1v) is 11.3. The first-order chi connectivity index (χ1) is 15.4. The van der Waals surface area contributed by atoms with E-state index < -0.39 is 6.61 Å². The molecule has 3 aromatic rings. The van der Waals surface area contributed by atoms with Crippen LogP contribution in [0.25, 0.3) is 16.8 Å². The molecule has 0 amide bonds. The molecule has 2 N–H and O–H groups in total. The summed E-state index contributed by atoms with van der Waals surface area (Å²) in [5, 5.41) is 0.306. The Hall–Kier alpha value is -2.45. The van der Waals surface area contributed by atoms with Gasteiger partial charge < -0.3 is 15.4 Å². The van der Waals surface area contributed by atoms with E-state index in [4.69, 9.17) is 22.3 Å². The van der Waals surface area contributed by atoms with E-state index in [-0.39, 0.29) is 11.2 Å². The van der Waals surface area contributed by atoms with Crippen molar-refractivity contribution in [3.8, 4) is 16.9 Å². The molecule has 6 nitrogen and oxygen atoms in total. The van der Waals surface area contributed by atoms with Gasteiger partial charge in [-0.3, -0.25) is 4.40 Å². The molecule has 9 heteroatoms. The molecule has 170 valence electrons. The standard InChI is InChI=1S/C23H26ClF2N5O/c1-14-19(16-5-4-15(13-17(16)24)32-21(25)26)20-28-9-12-31(20)22(29-14)30-10-7-23(8-11-30)6-2-3-18(23)27/h4-5,9,12-13,18,21H,2-3,6-8,10-11,27H2,1H3. The lowest BCUT2D eigenvalue weighted by atomic mass is 9.74. The molecule has 2 aliphatic rings. The number of nitrogens with two attached hydrogens (primary N) is 1. The normalized spacial score (nSPS) is 20.6. The Balaban J connectivity index is 1.49. The van der Waals surface area contributed by atoms with Crippen molar-refractivity contribution in [3.63, 3.8) is 0 Å². The highest BCUT2D eigenvalue weighted by Gasteiger charge is 2.43. The fraction of sp³-hybridized carbons (Fsp3) is 0.478. The molecule has 32 heavy (non-hydrogen) atoms. The molecule has 1 unspecified atom stereocenters. The number of nitrogens with zero attached hydrogens (tertiary/aromatic N) is 4. The highest BCUT2D eigenvalue weighted by molar-refractivity contribution is 6.33. The first kappa shape index (κ1) is 21.4. The van der Waals surface area contributed by atoms with Gasteiger partial charge in [0.25, 0.3) is 0 Å². The van der Waals surface area contributed by atoms with Crippen molar-refractivity contribution < 1.29 is 13.5 Å². The number of benzene rings is 1. The summed E-state index contributed by atoms with van der Waals surface area (Å²) in [5.74, 6) is 0.872. The number of imidazole rings is 1. The molecule has 1 aliphatic carbocycles. The van der Waals surface area contributed by atoms with Crippen LogP contribution < -0.4 is 15.4 Å². The number of piperidine rings is 1. The number of rotatable bonds is 4. The maximum atomic E-state index is 12.5. The zero-order chi connectivity index (χ0) is 22.5. The summed E-state index contributed by atoms with van der Waals surface area (Å²) in [4.78, 5) is 11.8. The lowest BCUT2D eigenvalue weighted by molar-refractivity contribution is -0.0498. The van der Waals surface area contributed by atoms with Gasteiger partial charge in [-0.15, -0.1) is 0 Å². The first-order valence-electron chi connectivity index (χ1n) is 11.0. The van der Waals surface area contributed by atoms with E-state index in [0.717, 1.165) is 55.2 Å². The summed E-state index contributed by atoms with van der Waals surface area (Å²) in [6.07, 6.45) is 9.35. The Morgan fingerprint density at radius 2 is 2.03 bits per heavy atom. The lowest BCUT2D eigenvalue weighted by Crippen LogP contribution is -2.47. The van der Waals surface area contributed by atoms with Crippen LogP contribution in [0.5, 0.6) is 5.75 Å². The number of aryl methyl sites for hydroxylation is 1. The van der Waals surface area contributed by atoms with Gasteiger partial charge in [-0.05, 0) is 56.2 Å². The molecule has 3 heterocycles. The van der Waals surface area contributed by atoms with Crippen LogP contribution >= 0.6 is 11.6 Å². The molecule has 1 saturated heterocycles. The number of alkyl halides is 2. The number of hydrogen-bond donors (Lipinski definition) is 1. The van der Waals surface area contributed by atoms with Crippen molar-refractivity contribution in [1.82, 2.24) is 14.4 Å². The Morgan fingerprint density at radius 1 is 1.25 bits per heavy atom. The van der Waals surface area contributed by atoms with E-state index >= 15 is 0 Å². The highest BCUT2D eigenvalue weighted by Crippen LogP contribution is 2.46. The van der Waals surface area contributed by atoms with E-state index in [1.165, 1.54) is 25.0 Å². The Bertz CT molecular complexity index is 1140. The lowest BCUT2D eigenvalue weighted by Gasteiger charge is -2.42. The monoisotopic (exact) mass is 461 g/mol. The summed E-state index contributed by atoms with van der Waals surface area (Å²) in [6, 6.07) is 4.85. The molecule has 0 radical (unpaired) electrons. The van der Waals surface area contributed by atoms with Gasteiger partial charge in [0.1, 0.15) is 11.4 Å². The van der Waals surface area contributed by atoms with Gasteiger partial charge in [-0.1, -0.05) is 18.0 Å². The second-order valence-electron chi connectivity index (χ2n) is 8.86. The van der Waals surface area contributed by atoms with Crippen molar-refractivity contribution >= 4 is 23.2 Å². The molecule has 1 atom stereocenters. The average molecular weight is 462 g/mol. The molecule has 1 saturated carbocycles. The second-order valence-corrected chi connectivity index (χ2v) is 9.27. The second kappa shape index (κ2) is 8.15. The van der Waals surface area contributed by atoms with Crippen molar-refractivity contribution in [2.45, 2.75) is 51.7 Å². The van der Waals surface area contributed by atoms with Gasteiger partial charge in [0, 0.05) is 42.7 Å². The van der Waals surface area contributed by atoms with Crippen LogP contribution in [0.3, 0.4) is 0 Å². The minimum absolute atomic E-state index is 0.0164. The predicted octanol–water partition coefficient (Wildman–Crippen LogP) is 5.06. The van der Waals surface area contributed by atoms with Crippen LogP contribution in [0, 0.1) is 12.3 Å². The number of halogens is 3. The summed E-state index contributed by atoms with van der Waals surface area (Å²) in [5.41, 5.74) is 9.69.